The summed E-state index contributed by atoms with van der Waals surface area (Å²) in [4.78, 5) is 0.899. The van der Waals surface area contributed by atoms with Gasteiger partial charge in [0.2, 0.25) is 10.0 Å². The van der Waals surface area contributed by atoms with E-state index in [-0.39, 0.29) is 18.8 Å². The molecule has 1 heterocycles. The minimum Gasteiger partial charge on any atom is -0.398 e. The van der Waals surface area contributed by atoms with Crippen LogP contribution in [0.2, 0.25) is 0 Å². The molecule has 0 saturated carbocycles. The summed E-state index contributed by atoms with van der Waals surface area (Å²) < 4.78 is 24.9. The van der Waals surface area contributed by atoms with Crippen molar-refractivity contribution in [3.05, 3.63) is 24.3 Å². The van der Waals surface area contributed by atoms with E-state index < -0.39 is 16.1 Å². The van der Waals surface area contributed by atoms with Crippen LogP contribution in [0.25, 0.3) is 0 Å². The van der Waals surface area contributed by atoms with Crippen molar-refractivity contribution in [3.8, 4) is 0 Å². The van der Waals surface area contributed by atoms with E-state index in [2.05, 4.69) is 0 Å². The monoisotopic (exact) mass is 288 g/mol. The first kappa shape index (κ1) is 13.7. The van der Waals surface area contributed by atoms with E-state index in [0.717, 1.165) is 4.90 Å². The third-order valence-corrected chi connectivity index (χ3v) is 5.89. The van der Waals surface area contributed by atoms with Crippen LogP contribution in [0.3, 0.4) is 0 Å². The zero-order valence-electron chi connectivity index (χ0n) is 9.82. The van der Waals surface area contributed by atoms with E-state index in [1.807, 2.05) is 18.2 Å². The van der Waals surface area contributed by atoms with Crippen LogP contribution in [0.1, 0.15) is 0 Å². The summed E-state index contributed by atoms with van der Waals surface area (Å²) in [5.74, 6) is 0.530. The van der Waals surface area contributed by atoms with E-state index in [0.29, 0.717) is 11.4 Å². The van der Waals surface area contributed by atoms with Crippen molar-refractivity contribution in [2.24, 2.45) is 0 Å². The Hall–Kier alpha value is -0.760. The number of anilines is 1. The van der Waals surface area contributed by atoms with Crippen LogP contribution in [-0.2, 0) is 10.0 Å². The maximum Gasteiger partial charge on any atom is 0.215 e. The van der Waals surface area contributed by atoms with Crippen LogP contribution >= 0.6 is 11.8 Å². The van der Waals surface area contributed by atoms with Crippen molar-refractivity contribution in [2.75, 3.05) is 30.3 Å². The zero-order chi connectivity index (χ0) is 13.2. The molecule has 0 atom stereocenters. The van der Waals surface area contributed by atoms with Crippen LogP contribution in [-0.4, -0.2) is 48.5 Å². The number of thioether (sulfide) groups is 1. The third kappa shape index (κ3) is 3.17. The lowest BCUT2D eigenvalue weighted by molar-refractivity contribution is 0.0549. The van der Waals surface area contributed by atoms with Crippen molar-refractivity contribution in [1.29, 1.82) is 0 Å². The lowest BCUT2D eigenvalue weighted by Crippen LogP contribution is -2.54. The quantitative estimate of drug-likeness (QED) is 0.604. The molecule has 5 nitrogen and oxygen atoms in total. The Morgan fingerprint density at radius 3 is 2.67 bits per heavy atom. The molecule has 7 heteroatoms. The average molecular weight is 288 g/mol. The highest BCUT2D eigenvalue weighted by atomic mass is 32.2. The first-order valence-corrected chi connectivity index (χ1v) is 8.22. The SMILES string of the molecule is Nc1ccccc1SCCS(=O)(=O)N1CC(O)C1. The Balaban J connectivity index is 1.84. The number of aliphatic hydroxyl groups excluding tert-OH is 1. The number of para-hydroxylation sites is 1. The van der Waals surface area contributed by atoms with Crippen LogP contribution in [0.15, 0.2) is 29.2 Å². The highest BCUT2D eigenvalue weighted by molar-refractivity contribution is 8.00. The molecule has 3 N–H and O–H groups in total. The second-order valence-corrected chi connectivity index (χ2v) is 7.40. The fourth-order valence-corrected chi connectivity index (χ4v) is 4.50. The molecule has 0 spiro atoms. The van der Waals surface area contributed by atoms with Crippen molar-refractivity contribution in [3.63, 3.8) is 0 Å². The van der Waals surface area contributed by atoms with Gasteiger partial charge in [-0.15, -0.1) is 11.8 Å². The van der Waals surface area contributed by atoms with Crippen molar-refractivity contribution in [1.82, 2.24) is 4.31 Å². The molecule has 0 aliphatic carbocycles. The molecule has 0 amide bonds. The predicted molar refractivity (Wildman–Crippen MR) is 72.9 cm³/mol. The number of nitrogen functional groups attached to an aromatic ring is 1. The second-order valence-electron chi connectivity index (χ2n) is 4.17. The number of benzene rings is 1. The fraction of sp³-hybridized carbons (Fsp3) is 0.455. The number of sulfonamides is 1. The van der Waals surface area contributed by atoms with Gasteiger partial charge in [0.15, 0.2) is 0 Å². The molecule has 0 bridgehead atoms. The number of rotatable bonds is 5. The Morgan fingerprint density at radius 2 is 2.06 bits per heavy atom. The van der Waals surface area contributed by atoms with Gasteiger partial charge in [0.05, 0.1) is 11.9 Å². The lowest BCUT2D eigenvalue weighted by atomic mass is 10.2. The molecule has 0 unspecified atom stereocenters. The molecule has 0 aromatic heterocycles. The average Bonchev–Trinajstić information content (AvgIpc) is 2.27. The summed E-state index contributed by atoms with van der Waals surface area (Å²) in [5.41, 5.74) is 6.44. The maximum absolute atomic E-state index is 11.8. The lowest BCUT2D eigenvalue weighted by Gasteiger charge is -2.34. The number of hydrogen-bond acceptors (Lipinski definition) is 5. The van der Waals surface area contributed by atoms with Gasteiger partial charge in [0.25, 0.3) is 0 Å². The van der Waals surface area contributed by atoms with Crippen LogP contribution in [0.5, 0.6) is 0 Å². The molecule has 18 heavy (non-hydrogen) atoms. The summed E-state index contributed by atoms with van der Waals surface area (Å²) in [7, 11) is -3.23. The van der Waals surface area contributed by atoms with Crippen LogP contribution in [0, 0.1) is 0 Å². The van der Waals surface area contributed by atoms with Crippen LogP contribution in [0.4, 0.5) is 5.69 Å². The molecular formula is C11H16N2O3S2. The van der Waals surface area contributed by atoms with Gasteiger partial charge < -0.3 is 10.8 Å². The maximum atomic E-state index is 11.8. The topological polar surface area (TPSA) is 83.6 Å². The van der Waals surface area contributed by atoms with Gasteiger partial charge in [0.1, 0.15) is 0 Å². The van der Waals surface area contributed by atoms with Crippen LogP contribution < -0.4 is 5.73 Å². The molecule has 1 aromatic carbocycles. The van der Waals surface area contributed by atoms with Gasteiger partial charge in [-0.1, -0.05) is 12.1 Å². The third-order valence-electron chi connectivity index (χ3n) is 2.74. The van der Waals surface area contributed by atoms with Gasteiger partial charge in [0, 0.05) is 29.4 Å². The van der Waals surface area contributed by atoms with E-state index in [1.165, 1.54) is 16.1 Å². The van der Waals surface area contributed by atoms with E-state index >= 15 is 0 Å². The van der Waals surface area contributed by atoms with E-state index in [1.54, 1.807) is 6.07 Å². The molecule has 1 aliphatic heterocycles. The normalized spacial score (nSPS) is 17.6. The molecule has 0 radical (unpaired) electrons. The van der Waals surface area contributed by atoms with Gasteiger partial charge in [-0.05, 0) is 12.1 Å². The van der Waals surface area contributed by atoms with Crippen molar-refractivity contribution < 1.29 is 13.5 Å². The number of β-amino-alcohol motifs (C(OH)–C–C–N with tert-alkyl or cyclic N) is 1. The molecule has 100 valence electrons. The number of nitrogens with two attached hydrogens (primary N) is 1. The zero-order valence-corrected chi connectivity index (χ0v) is 11.5. The van der Waals surface area contributed by atoms with Crippen molar-refractivity contribution in [2.45, 2.75) is 11.0 Å². The minimum atomic E-state index is -3.23. The number of hydrogen-bond donors (Lipinski definition) is 2. The van der Waals surface area contributed by atoms with Gasteiger partial charge in [-0.2, -0.15) is 4.31 Å². The van der Waals surface area contributed by atoms with Gasteiger partial charge in [-0.3, -0.25) is 0 Å². The summed E-state index contributed by atoms with van der Waals surface area (Å²) in [6.45, 7) is 0.445. The largest absolute Gasteiger partial charge is 0.398 e. The first-order valence-electron chi connectivity index (χ1n) is 5.62. The summed E-state index contributed by atoms with van der Waals surface area (Å²) >= 11 is 1.43. The first-order chi connectivity index (χ1) is 8.49. The highest BCUT2D eigenvalue weighted by Gasteiger charge is 2.33. The molecule has 1 aromatic rings. The highest BCUT2D eigenvalue weighted by Crippen LogP contribution is 2.25. The summed E-state index contributed by atoms with van der Waals surface area (Å²) in [6, 6.07) is 7.39. The predicted octanol–water partition coefficient (Wildman–Crippen LogP) is 0.367. The Morgan fingerprint density at radius 1 is 1.39 bits per heavy atom. The van der Waals surface area contributed by atoms with Gasteiger partial charge in [-0.25, -0.2) is 8.42 Å². The summed E-state index contributed by atoms with van der Waals surface area (Å²) in [6.07, 6.45) is -0.503. The molecule has 1 aliphatic rings. The molecule has 2 rings (SSSR count). The summed E-state index contributed by atoms with van der Waals surface area (Å²) in [5, 5.41) is 9.09. The smallest absolute Gasteiger partial charge is 0.215 e. The number of nitrogens with zero attached hydrogens (tertiary/aromatic N) is 1. The Kier molecular flexibility index (Phi) is 4.16. The fourth-order valence-electron chi connectivity index (χ4n) is 1.64. The molecule has 1 fully saturated rings. The Bertz CT molecular complexity index is 513. The van der Waals surface area contributed by atoms with E-state index in [4.69, 9.17) is 10.8 Å². The second kappa shape index (κ2) is 5.48. The standard InChI is InChI=1S/C11H16N2O3S2/c12-10-3-1-2-4-11(10)17-5-6-18(15,16)13-7-9(14)8-13/h1-4,9,14H,5-8,12H2. The molecule has 1 saturated heterocycles. The Labute approximate surface area is 111 Å². The van der Waals surface area contributed by atoms with Crippen molar-refractivity contribution >= 4 is 27.5 Å². The minimum absolute atomic E-state index is 0.0682. The van der Waals surface area contributed by atoms with Gasteiger partial charge >= 0.3 is 0 Å². The van der Waals surface area contributed by atoms with E-state index in [9.17, 15) is 8.42 Å². The molecular weight excluding hydrogens is 272 g/mol. The number of aliphatic hydroxyl groups is 1.